The fourth-order valence-electron chi connectivity index (χ4n) is 4.17. The van der Waals surface area contributed by atoms with E-state index < -0.39 is 10.0 Å². The standard InChI is InChI=1S/C23H31N3O3S/c1-4-26(5-2)30(28,29)20-13-9-12-19(16-20)24-23(27)17-25(3)22-15-8-11-18-10-6-7-14-21(18)22/h6-7,9-10,12-14,16,22H,4-5,8,11,15,17H2,1-3H3,(H,24,27)/t22-/m0/s1. The molecule has 3 rings (SSSR count). The number of nitrogens with one attached hydrogen (secondary N) is 1. The lowest BCUT2D eigenvalue weighted by molar-refractivity contribution is -0.117. The van der Waals surface area contributed by atoms with Crippen molar-refractivity contribution >= 4 is 21.6 Å². The second-order valence-electron chi connectivity index (χ2n) is 7.69. The van der Waals surface area contributed by atoms with Crippen LogP contribution in [0.2, 0.25) is 0 Å². The molecule has 0 fully saturated rings. The van der Waals surface area contributed by atoms with Crippen LogP contribution in [-0.2, 0) is 21.2 Å². The zero-order valence-electron chi connectivity index (χ0n) is 18.0. The molecule has 2 aromatic rings. The summed E-state index contributed by atoms with van der Waals surface area (Å²) in [6.45, 7) is 4.68. The second-order valence-corrected chi connectivity index (χ2v) is 9.63. The number of nitrogens with zero attached hydrogens (tertiary/aromatic N) is 2. The monoisotopic (exact) mass is 429 g/mol. The summed E-state index contributed by atoms with van der Waals surface area (Å²) in [7, 11) is -1.60. The van der Waals surface area contributed by atoms with Gasteiger partial charge in [-0.2, -0.15) is 4.31 Å². The molecule has 1 atom stereocenters. The van der Waals surface area contributed by atoms with Crippen LogP contribution in [0.15, 0.2) is 53.4 Å². The van der Waals surface area contributed by atoms with E-state index in [1.807, 2.05) is 27.0 Å². The van der Waals surface area contributed by atoms with Crippen LogP contribution in [0.1, 0.15) is 43.9 Å². The van der Waals surface area contributed by atoms with E-state index in [4.69, 9.17) is 0 Å². The van der Waals surface area contributed by atoms with Crippen molar-refractivity contribution in [2.24, 2.45) is 0 Å². The van der Waals surface area contributed by atoms with Gasteiger partial charge in [0, 0.05) is 24.8 Å². The Morgan fingerprint density at radius 3 is 2.57 bits per heavy atom. The van der Waals surface area contributed by atoms with Crippen LogP contribution in [0.4, 0.5) is 5.69 Å². The highest BCUT2D eigenvalue weighted by Gasteiger charge is 2.25. The summed E-state index contributed by atoms with van der Waals surface area (Å²) >= 11 is 0. The van der Waals surface area contributed by atoms with E-state index in [0.717, 1.165) is 19.3 Å². The highest BCUT2D eigenvalue weighted by atomic mass is 32.2. The first-order chi connectivity index (χ1) is 14.4. The van der Waals surface area contributed by atoms with Crippen LogP contribution in [0.3, 0.4) is 0 Å². The molecule has 1 aliphatic rings. The molecule has 0 radical (unpaired) electrons. The highest BCUT2D eigenvalue weighted by Crippen LogP contribution is 2.33. The molecule has 7 heteroatoms. The summed E-state index contributed by atoms with van der Waals surface area (Å²) < 4.78 is 26.9. The summed E-state index contributed by atoms with van der Waals surface area (Å²) in [6.07, 6.45) is 3.22. The van der Waals surface area contributed by atoms with Gasteiger partial charge in [-0.05, 0) is 55.6 Å². The normalized spacial score (nSPS) is 16.5. The largest absolute Gasteiger partial charge is 0.325 e. The second kappa shape index (κ2) is 9.73. The van der Waals surface area contributed by atoms with Gasteiger partial charge >= 0.3 is 0 Å². The number of hydrogen-bond acceptors (Lipinski definition) is 4. The predicted molar refractivity (Wildman–Crippen MR) is 120 cm³/mol. The molecular weight excluding hydrogens is 398 g/mol. The zero-order chi connectivity index (χ0) is 21.7. The third kappa shape index (κ3) is 4.91. The first kappa shape index (κ1) is 22.5. The lowest BCUT2D eigenvalue weighted by Crippen LogP contribution is -2.35. The number of anilines is 1. The SMILES string of the molecule is CCN(CC)S(=O)(=O)c1cccc(NC(=O)CN(C)[C@H]2CCCc3ccccc32)c1. The van der Waals surface area contributed by atoms with Crippen molar-refractivity contribution < 1.29 is 13.2 Å². The Kier molecular flexibility index (Phi) is 7.28. The quantitative estimate of drug-likeness (QED) is 0.695. The maximum absolute atomic E-state index is 12.7. The summed E-state index contributed by atoms with van der Waals surface area (Å²) in [5.41, 5.74) is 3.15. The van der Waals surface area contributed by atoms with Crippen LogP contribution < -0.4 is 5.32 Å². The van der Waals surface area contributed by atoms with E-state index in [-0.39, 0.29) is 23.4 Å². The van der Waals surface area contributed by atoms with E-state index in [1.165, 1.54) is 21.5 Å². The number of amides is 1. The van der Waals surface area contributed by atoms with Crippen LogP contribution in [0.5, 0.6) is 0 Å². The Labute approximate surface area is 179 Å². The van der Waals surface area contributed by atoms with Crippen LogP contribution in [0, 0.1) is 0 Å². The Morgan fingerprint density at radius 1 is 1.10 bits per heavy atom. The van der Waals surface area contributed by atoms with Crippen LogP contribution >= 0.6 is 0 Å². The molecule has 0 aliphatic heterocycles. The maximum atomic E-state index is 12.7. The zero-order valence-corrected chi connectivity index (χ0v) is 18.8. The molecule has 0 aromatic heterocycles. The molecule has 2 aromatic carbocycles. The third-order valence-corrected chi connectivity index (χ3v) is 7.77. The lowest BCUT2D eigenvalue weighted by atomic mass is 9.87. The van der Waals surface area contributed by atoms with Crippen molar-refractivity contribution in [3.8, 4) is 0 Å². The van der Waals surface area contributed by atoms with Gasteiger partial charge in [0.1, 0.15) is 0 Å². The Balaban J connectivity index is 1.69. The fraction of sp³-hybridized carbons (Fsp3) is 0.435. The van der Waals surface area contributed by atoms with Crippen molar-refractivity contribution in [2.45, 2.75) is 44.0 Å². The van der Waals surface area contributed by atoms with Crippen molar-refractivity contribution in [2.75, 3.05) is 32.0 Å². The van der Waals surface area contributed by atoms with E-state index in [0.29, 0.717) is 18.8 Å². The Morgan fingerprint density at radius 2 is 1.83 bits per heavy atom. The molecule has 0 unspecified atom stereocenters. The van der Waals surface area contributed by atoms with Gasteiger partial charge in [0.05, 0.1) is 11.4 Å². The molecule has 0 saturated heterocycles. The van der Waals surface area contributed by atoms with E-state index in [9.17, 15) is 13.2 Å². The fourth-order valence-corrected chi connectivity index (χ4v) is 5.67. The van der Waals surface area contributed by atoms with Crippen LogP contribution in [-0.4, -0.2) is 50.2 Å². The molecule has 30 heavy (non-hydrogen) atoms. The summed E-state index contributed by atoms with van der Waals surface area (Å²) in [5, 5.41) is 2.86. The van der Waals surface area contributed by atoms with Gasteiger partial charge in [-0.3, -0.25) is 9.69 Å². The third-order valence-electron chi connectivity index (χ3n) is 5.72. The average Bonchev–Trinajstić information content (AvgIpc) is 2.74. The minimum Gasteiger partial charge on any atom is -0.325 e. The minimum absolute atomic E-state index is 0.155. The van der Waals surface area contributed by atoms with Crippen molar-refractivity contribution in [1.82, 2.24) is 9.21 Å². The van der Waals surface area contributed by atoms with E-state index >= 15 is 0 Å². The predicted octanol–water partition coefficient (Wildman–Crippen LogP) is 3.67. The molecule has 0 bridgehead atoms. The topological polar surface area (TPSA) is 69.7 Å². The van der Waals surface area contributed by atoms with Gasteiger partial charge in [-0.1, -0.05) is 44.2 Å². The summed E-state index contributed by atoms with van der Waals surface area (Å²) in [4.78, 5) is 14.9. The van der Waals surface area contributed by atoms with Gasteiger partial charge in [0.25, 0.3) is 0 Å². The Bertz CT molecular complexity index is 987. The molecule has 0 saturated carbocycles. The van der Waals surface area contributed by atoms with E-state index in [1.54, 1.807) is 18.2 Å². The molecule has 1 aliphatic carbocycles. The molecule has 0 heterocycles. The molecule has 162 valence electrons. The molecule has 1 N–H and O–H groups in total. The van der Waals surface area contributed by atoms with Crippen molar-refractivity contribution in [3.05, 3.63) is 59.7 Å². The first-order valence-electron chi connectivity index (χ1n) is 10.5. The van der Waals surface area contributed by atoms with Gasteiger partial charge in [-0.15, -0.1) is 0 Å². The van der Waals surface area contributed by atoms with Gasteiger partial charge in [0.15, 0.2) is 0 Å². The number of rotatable bonds is 8. The van der Waals surface area contributed by atoms with Gasteiger partial charge in [-0.25, -0.2) is 8.42 Å². The summed E-state index contributed by atoms with van der Waals surface area (Å²) in [5.74, 6) is -0.155. The highest BCUT2D eigenvalue weighted by molar-refractivity contribution is 7.89. The number of benzene rings is 2. The maximum Gasteiger partial charge on any atom is 0.243 e. The smallest absolute Gasteiger partial charge is 0.243 e. The average molecular weight is 430 g/mol. The number of carbonyl (C=O) groups excluding carboxylic acids is 1. The molecule has 0 spiro atoms. The first-order valence-corrected chi connectivity index (χ1v) is 12.0. The van der Waals surface area contributed by atoms with Gasteiger partial charge < -0.3 is 5.32 Å². The lowest BCUT2D eigenvalue weighted by Gasteiger charge is -2.32. The van der Waals surface area contributed by atoms with E-state index in [2.05, 4.69) is 28.4 Å². The van der Waals surface area contributed by atoms with Crippen LogP contribution in [0.25, 0.3) is 0 Å². The Hall–Kier alpha value is -2.22. The van der Waals surface area contributed by atoms with Gasteiger partial charge in [0.2, 0.25) is 15.9 Å². The number of aryl methyl sites for hydroxylation is 1. The van der Waals surface area contributed by atoms with Crippen molar-refractivity contribution in [1.29, 1.82) is 0 Å². The molecule has 1 amide bonds. The minimum atomic E-state index is -3.56. The number of carbonyl (C=O) groups is 1. The molecular formula is C23H31N3O3S. The number of likely N-dealkylation sites (N-methyl/N-ethyl adjacent to an activating group) is 1. The molecule has 6 nitrogen and oxygen atoms in total. The number of fused-ring (bicyclic) bond motifs is 1. The van der Waals surface area contributed by atoms with Crippen molar-refractivity contribution in [3.63, 3.8) is 0 Å². The summed E-state index contributed by atoms with van der Waals surface area (Å²) in [6, 6.07) is 15.1. The number of hydrogen-bond donors (Lipinski definition) is 1. The number of sulfonamides is 1.